The van der Waals surface area contributed by atoms with E-state index in [1.165, 1.54) is 12.4 Å². The van der Waals surface area contributed by atoms with Crippen LogP contribution in [0.25, 0.3) is 0 Å². The molecule has 0 unspecified atom stereocenters. The summed E-state index contributed by atoms with van der Waals surface area (Å²) in [6, 6.07) is 6.13. The van der Waals surface area contributed by atoms with Crippen molar-refractivity contribution in [1.82, 2.24) is 9.97 Å². The summed E-state index contributed by atoms with van der Waals surface area (Å²) in [6.45, 7) is 0. The molecule has 0 atom stereocenters. The summed E-state index contributed by atoms with van der Waals surface area (Å²) < 4.78 is 12.8. The van der Waals surface area contributed by atoms with Crippen LogP contribution in [-0.2, 0) is 0 Å². The van der Waals surface area contributed by atoms with Gasteiger partial charge in [0.1, 0.15) is 11.5 Å². The Kier molecular flexibility index (Phi) is 2.49. The maximum Gasteiger partial charge on any atom is 0.212 e. The van der Waals surface area contributed by atoms with Crippen LogP contribution in [0, 0.1) is 5.82 Å². The Balaban J connectivity index is 2.37. The fourth-order valence-corrected chi connectivity index (χ4v) is 1.18. The van der Waals surface area contributed by atoms with E-state index in [0.29, 0.717) is 0 Å². The fraction of sp³-hybridized carbons (Fsp3) is 0. The molecule has 2 heterocycles. The Morgan fingerprint density at radius 3 is 2.80 bits per heavy atom. The van der Waals surface area contributed by atoms with Crippen molar-refractivity contribution >= 4 is 5.78 Å². The minimum atomic E-state index is -0.531. The van der Waals surface area contributed by atoms with Gasteiger partial charge in [-0.2, -0.15) is 0 Å². The highest BCUT2D eigenvalue weighted by Crippen LogP contribution is 2.07. The van der Waals surface area contributed by atoms with Gasteiger partial charge in [-0.3, -0.25) is 14.8 Å². The van der Waals surface area contributed by atoms with Gasteiger partial charge >= 0.3 is 0 Å². The number of pyridine rings is 2. The van der Waals surface area contributed by atoms with Crippen molar-refractivity contribution in [3.05, 3.63) is 59.9 Å². The lowest BCUT2D eigenvalue weighted by Crippen LogP contribution is -2.04. The van der Waals surface area contributed by atoms with Crippen molar-refractivity contribution in [3.8, 4) is 0 Å². The number of hydrogen-bond acceptors (Lipinski definition) is 3. The van der Waals surface area contributed by atoms with Crippen LogP contribution in [-0.4, -0.2) is 15.8 Å². The average molecular weight is 202 g/mol. The van der Waals surface area contributed by atoms with E-state index in [9.17, 15) is 9.18 Å². The molecule has 0 aliphatic heterocycles. The van der Waals surface area contributed by atoms with Gasteiger partial charge in [0.2, 0.25) is 5.78 Å². The van der Waals surface area contributed by atoms with Crippen molar-refractivity contribution in [1.29, 1.82) is 0 Å². The van der Waals surface area contributed by atoms with Crippen LogP contribution in [0.4, 0.5) is 4.39 Å². The fourth-order valence-electron chi connectivity index (χ4n) is 1.18. The first-order chi connectivity index (χ1) is 7.27. The van der Waals surface area contributed by atoms with Gasteiger partial charge in [0.25, 0.3) is 0 Å². The molecule has 0 N–H and O–H groups in total. The van der Waals surface area contributed by atoms with E-state index in [4.69, 9.17) is 0 Å². The minimum absolute atomic E-state index is 0.203. The number of aromatic nitrogens is 2. The largest absolute Gasteiger partial charge is 0.287 e. The SMILES string of the molecule is O=C(c1cncc(F)c1)c1ccccn1. The number of ketones is 1. The average Bonchev–Trinajstić information content (AvgIpc) is 2.29. The van der Waals surface area contributed by atoms with Gasteiger partial charge in [-0.25, -0.2) is 4.39 Å². The standard InChI is InChI=1S/C11H7FN2O/c12-9-5-8(6-13-7-9)11(15)10-3-1-2-4-14-10/h1-7H. The third-order valence-electron chi connectivity index (χ3n) is 1.86. The second-order valence-electron chi connectivity index (χ2n) is 2.94. The summed E-state index contributed by atoms with van der Waals surface area (Å²) >= 11 is 0. The first-order valence-electron chi connectivity index (χ1n) is 4.33. The Morgan fingerprint density at radius 2 is 2.13 bits per heavy atom. The highest BCUT2D eigenvalue weighted by Gasteiger charge is 2.10. The highest BCUT2D eigenvalue weighted by molar-refractivity contribution is 6.07. The van der Waals surface area contributed by atoms with Gasteiger partial charge in [-0.15, -0.1) is 0 Å². The van der Waals surface area contributed by atoms with Crippen LogP contribution in [0.1, 0.15) is 16.1 Å². The molecule has 2 rings (SSSR count). The zero-order chi connectivity index (χ0) is 10.7. The third-order valence-corrected chi connectivity index (χ3v) is 1.86. The lowest BCUT2D eigenvalue weighted by Gasteiger charge is -1.98. The van der Waals surface area contributed by atoms with Crippen LogP contribution in [0.5, 0.6) is 0 Å². The molecule has 0 saturated carbocycles. The number of carbonyl (C=O) groups excluding carboxylic acids is 1. The molecule has 4 heteroatoms. The zero-order valence-electron chi connectivity index (χ0n) is 7.72. The molecule has 15 heavy (non-hydrogen) atoms. The summed E-state index contributed by atoms with van der Waals surface area (Å²) in [4.78, 5) is 19.2. The van der Waals surface area contributed by atoms with E-state index in [2.05, 4.69) is 9.97 Å². The lowest BCUT2D eigenvalue weighted by molar-refractivity contribution is 0.103. The van der Waals surface area contributed by atoms with Gasteiger partial charge in [-0.05, 0) is 18.2 Å². The lowest BCUT2D eigenvalue weighted by atomic mass is 10.1. The highest BCUT2D eigenvalue weighted by atomic mass is 19.1. The summed E-state index contributed by atoms with van der Waals surface area (Å²) in [6.07, 6.45) is 3.88. The van der Waals surface area contributed by atoms with Gasteiger partial charge in [0.15, 0.2) is 0 Å². The van der Waals surface area contributed by atoms with E-state index >= 15 is 0 Å². The van der Waals surface area contributed by atoms with Gasteiger partial charge < -0.3 is 0 Å². The first-order valence-corrected chi connectivity index (χ1v) is 4.33. The molecule has 74 valence electrons. The van der Waals surface area contributed by atoms with Crippen molar-refractivity contribution < 1.29 is 9.18 Å². The Labute approximate surface area is 85.6 Å². The predicted octanol–water partition coefficient (Wildman–Crippen LogP) is 1.85. The smallest absolute Gasteiger partial charge is 0.212 e. The number of nitrogens with zero attached hydrogens (tertiary/aromatic N) is 2. The predicted molar refractivity (Wildman–Crippen MR) is 51.9 cm³/mol. The first kappa shape index (κ1) is 9.45. The van der Waals surface area contributed by atoms with Crippen molar-refractivity contribution in [2.24, 2.45) is 0 Å². The Bertz CT molecular complexity index is 485. The number of carbonyl (C=O) groups is 1. The molecule has 3 nitrogen and oxygen atoms in total. The number of hydrogen-bond donors (Lipinski definition) is 0. The molecule has 0 bridgehead atoms. The topological polar surface area (TPSA) is 42.9 Å². The van der Waals surface area contributed by atoms with Gasteiger partial charge in [-0.1, -0.05) is 6.07 Å². The maximum absolute atomic E-state index is 12.8. The summed E-state index contributed by atoms with van der Waals surface area (Å²) in [5.41, 5.74) is 0.485. The van der Waals surface area contributed by atoms with Crippen molar-refractivity contribution in [2.75, 3.05) is 0 Å². The van der Waals surface area contributed by atoms with Crippen LogP contribution in [0.3, 0.4) is 0 Å². The van der Waals surface area contributed by atoms with Gasteiger partial charge in [0.05, 0.1) is 6.20 Å². The molecule has 0 amide bonds. The van der Waals surface area contributed by atoms with E-state index < -0.39 is 5.82 Å². The van der Waals surface area contributed by atoms with Crippen molar-refractivity contribution in [2.45, 2.75) is 0 Å². The van der Waals surface area contributed by atoms with Crippen LogP contribution >= 0.6 is 0 Å². The molecule has 0 spiro atoms. The molecule has 0 aliphatic rings. The second kappa shape index (κ2) is 3.96. The van der Waals surface area contributed by atoms with E-state index in [1.807, 2.05) is 0 Å². The Hall–Kier alpha value is -2.10. The monoisotopic (exact) mass is 202 g/mol. The minimum Gasteiger partial charge on any atom is -0.287 e. The van der Waals surface area contributed by atoms with E-state index in [1.54, 1.807) is 18.2 Å². The summed E-state index contributed by atoms with van der Waals surface area (Å²) in [5, 5.41) is 0. The summed E-state index contributed by atoms with van der Waals surface area (Å²) in [5.74, 6) is -0.862. The molecular formula is C11H7FN2O. The maximum atomic E-state index is 12.8. The van der Waals surface area contributed by atoms with E-state index in [-0.39, 0.29) is 17.0 Å². The van der Waals surface area contributed by atoms with Gasteiger partial charge in [0, 0.05) is 18.0 Å². The molecule has 0 aromatic carbocycles. The zero-order valence-corrected chi connectivity index (χ0v) is 7.72. The quantitative estimate of drug-likeness (QED) is 0.698. The molecule has 0 fully saturated rings. The van der Waals surface area contributed by atoms with E-state index in [0.717, 1.165) is 12.3 Å². The van der Waals surface area contributed by atoms with Crippen LogP contribution in [0.15, 0.2) is 42.9 Å². The molecule has 0 aliphatic carbocycles. The van der Waals surface area contributed by atoms with Crippen LogP contribution < -0.4 is 0 Å². The van der Waals surface area contributed by atoms with Crippen LogP contribution in [0.2, 0.25) is 0 Å². The Morgan fingerprint density at radius 1 is 1.27 bits per heavy atom. The molecule has 2 aromatic heterocycles. The third kappa shape index (κ3) is 2.04. The second-order valence-corrected chi connectivity index (χ2v) is 2.94. The van der Waals surface area contributed by atoms with Crippen molar-refractivity contribution in [3.63, 3.8) is 0 Å². The number of halogens is 1. The molecule has 2 aromatic rings. The molecular weight excluding hydrogens is 195 g/mol. The normalized spacial score (nSPS) is 9.93. The number of rotatable bonds is 2. The molecule has 0 saturated heterocycles. The summed E-state index contributed by atoms with van der Waals surface area (Å²) in [7, 11) is 0. The molecule has 0 radical (unpaired) electrons.